The number of ether oxygens (including phenoxy) is 1. The van der Waals surface area contributed by atoms with Crippen molar-refractivity contribution in [3.8, 4) is 5.75 Å². The number of urea groups is 1. The van der Waals surface area contributed by atoms with E-state index in [1.54, 1.807) is 0 Å². The number of hydrogen-bond donors (Lipinski definition) is 1. The van der Waals surface area contributed by atoms with Crippen LogP contribution in [0, 0.1) is 0 Å². The topological polar surface area (TPSA) is 41.6 Å². The van der Waals surface area contributed by atoms with Crippen molar-refractivity contribution in [2.45, 2.75) is 49.9 Å². The molecular weight excluding hydrogens is 276 g/mol. The number of alkyl halides is 1. The number of nitrogens with zero attached hydrogens (tertiary/aromatic N) is 1. The van der Waals surface area contributed by atoms with E-state index in [-0.39, 0.29) is 12.1 Å². The van der Waals surface area contributed by atoms with E-state index in [4.69, 9.17) is 16.3 Å². The third kappa shape index (κ3) is 1.71. The Labute approximate surface area is 123 Å². The number of benzene rings is 1. The van der Waals surface area contributed by atoms with E-state index in [0.717, 1.165) is 36.1 Å². The molecule has 1 saturated heterocycles. The Morgan fingerprint density at radius 1 is 1.50 bits per heavy atom. The van der Waals surface area contributed by atoms with Gasteiger partial charge in [0.05, 0.1) is 6.04 Å². The number of hydrogen-bond acceptors (Lipinski definition) is 2. The molecule has 4 rings (SSSR count). The molecule has 1 aliphatic carbocycles. The molecule has 5 heteroatoms. The second-order valence-electron chi connectivity index (χ2n) is 6.09. The average Bonchev–Trinajstić information content (AvgIpc) is 3.22. The molecule has 1 N–H and O–H groups in total. The molecule has 0 aromatic heterocycles. The first-order valence-corrected chi connectivity index (χ1v) is 7.62. The summed E-state index contributed by atoms with van der Waals surface area (Å²) in [5.41, 5.74) is 1.57. The Morgan fingerprint density at radius 3 is 3.00 bits per heavy atom. The molecule has 106 valence electrons. The predicted octanol–water partition coefficient (Wildman–Crippen LogP) is 3.15. The molecule has 2 atom stereocenters. The van der Waals surface area contributed by atoms with E-state index >= 15 is 0 Å². The van der Waals surface area contributed by atoms with Crippen LogP contribution in [0.25, 0.3) is 0 Å². The van der Waals surface area contributed by atoms with E-state index < -0.39 is 5.72 Å². The first-order valence-electron chi connectivity index (χ1n) is 7.08. The van der Waals surface area contributed by atoms with E-state index in [9.17, 15) is 4.79 Å². The molecule has 3 aliphatic rings. The molecule has 1 saturated carbocycles. The highest BCUT2D eigenvalue weighted by atomic mass is 35.5. The van der Waals surface area contributed by atoms with Crippen LogP contribution < -0.4 is 10.1 Å². The van der Waals surface area contributed by atoms with Gasteiger partial charge in [-0.25, -0.2) is 4.79 Å². The van der Waals surface area contributed by atoms with Crippen LogP contribution in [-0.4, -0.2) is 22.7 Å². The molecule has 2 bridgehead atoms. The molecule has 2 amide bonds. The Hall–Kier alpha value is -1.42. The van der Waals surface area contributed by atoms with Crippen molar-refractivity contribution in [1.82, 2.24) is 10.2 Å². The van der Waals surface area contributed by atoms with Gasteiger partial charge in [0.25, 0.3) is 0 Å². The molecular formula is C15H17ClN2O2. The minimum atomic E-state index is -0.524. The minimum Gasteiger partial charge on any atom is -0.468 e. The lowest BCUT2D eigenvalue weighted by atomic mass is 9.89. The molecule has 2 unspecified atom stereocenters. The molecule has 1 aromatic rings. The van der Waals surface area contributed by atoms with Gasteiger partial charge < -0.3 is 10.1 Å². The number of fused-ring (bicyclic) bond motifs is 4. The van der Waals surface area contributed by atoms with Crippen LogP contribution in [0.4, 0.5) is 4.79 Å². The molecule has 2 heterocycles. The van der Waals surface area contributed by atoms with Gasteiger partial charge in [-0.3, -0.25) is 4.90 Å². The molecule has 4 nitrogen and oxygen atoms in total. The van der Waals surface area contributed by atoms with Crippen LogP contribution >= 0.6 is 11.6 Å². The van der Waals surface area contributed by atoms with Crippen LogP contribution in [0.5, 0.6) is 5.75 Å². The minimum absolute atomic E-state index is 0.00632. The predicted molar refractivity (Wildman–Crippen MR) is 75.8 cm³/mol. The largest absolute Gasteiger partial charge is 0.468 e. The Morgan fingerprint density at radius 2 is 2.30 bits per heavy atom. The maximum Gasteiger partial charge on any atom is 0.321 e. The number of amides is 2. The fraction of sp³-hybridized carbons (Fsp3) is 0.533. The quantitative estimate of drug-likeness (QED) is 0.851. The highest BCUT2D eigenvalue weighted by Crippen LogP contribution is 2.47. The molecule has 0 radical (unpaired) electrons. The third-order valence-corrected chi connectivity index (χ3v) is 4.76. The van der Waals surface area contributed by atoms with Crippen LogP contribution in [0.15, 0.2) is 18.2 Å². The first-order chi connectivity index (χ1) is 9.60. The van der Waals surface area contributed by atoms with Crippen LogP contribution in [0.2, 0.25) is 0 Å². The molecule has 2 fully saturated rings. The summed E-state index contributed by atoms with van der Waals surface area (Å²) in [6, 6.07) is 6.35. The van der Waals surface area contributed by atoms with Gasteiger partial charge in [0.1, 0.15) is 5.75 Å². The first kappa shape index (κ1) is 12.3. The lowest BCUT2D eigenvalue weighted by molar-refractivity contribution is -0.0878. The fourth-order valence-corrected chi connectivity index (χ4v) is 3.57. The maximum absolute atomic E-state index is 12.4. The van der Waals surface area contributed by atoms with Crippen molar-refractivity contribution in [2.24, 2.45) is 0 Å². The molecule has 20 heavy (non-hydrogen) atoms. The molecule has 0 spiro atoms. The van der Waals surface area contributed by atoms with Gasteiger partial charge in [0.15, 0.2) is 5.72 Å². The smallest absolute Gasteiger partial charge is 0.321 e. The van der Waals surface area contributed by atoms with Crippen molar-refractivity contribution in [1.29, 1.82) is 0 Å². The summed E-state index contributed by atoms with van der Waals surface area (Å²) in [4.78, 5) is 14.3. The van der Waals surface area contributed by atoms with Gasteiger partial charge in [0, 0.05) is 23.9 Å². The summed E-state index contributed by atoms with van der Waals surface area (Å²) < 4.78 is 6.20. The van der Waals surface area contributed by atoms with E-state index in [1.165, 1.54) is 0 Å². The second-order valence-corrected chi connectivity index (χ2v) is 6.36. The Balaban J connectivity index is 1.77. The SMILES string of the molecule is CC12CC(NC(=O)N1C1CC1)c1cc(CCl)ccc1O2. The summed E-state index contributed by atoms with van der Waals surface area (Å²) in [7, 11) is 0. The second kappa shape index (κ2) is 4.04. The number of rotatable bonds is 2. The average molecular weight is 293 g/mol. The van der Waals surface area contributed by atoms with Crippen LogP contribution in [0.3, 0.4) is 0 Å². The van der Waals surface area contributed by atoms with E-state index in [0.29, 0.717) is 11.9 Å². The molecule has 1 aromatic carbocycles. The van der Waals surface area contributed by atoms with Crippen LogP contribution in [0.1, 0.15) is 43.4 Å². The van der Waals surface area contributed by atoms with Crippen molar-refractivity contribution < 1.29 is 9.53 Å². The highest BCUT2D eigenvalue weighted by Gasteiger charge is 2.53. The monoisotopic (exact) mass is 292 g/mol. The van der Waals surface area contributed by atoms with Gasteiger partial charge in [-0.05, 0) is 37.5 Å². The van der Waals surface area contributed by atoms with Crippen LogP contribution in [-0.2, 0) is 5.88 Å². The van der Waals surface area contributed by atoms with Crippen molar-refractivity contribution >= 4 is 17.6 Å². The Kier molecular flexibility index (Phi) is 2.49. The van der Waals surface area contributed by atoms with Crippen molar-refractivity contribution in [3.63, 3.8) is 0 Å². The normalized spacial score (nSPS) is 31.4. The zero-order valence-corrected chi connectivity index (χ0v) is 12.1. The highest BCUT2D eigenvalue weighted by molar-refractivity contribution is 6.17. The summed E-state index contributed by atoms with van der Waals surface area (Å²) >= 11 is 5.90. The Bertz CT molecular complexity index is 587. The zero-order valence-electron chi connectivity index (χ0n) is 11.4. The number of nitrogens with one attached hydrogen (secondary N) is 1. The summed E-state index contributed by atoms with van der Waals surface area (Å²) in [5.74, 6) is 1.34. The fourth-order valence-electron chi connectivity index (χ4n) is 3.41. The van der Waals surface area contributed by atoms with Gasteiger partial charge in [-0.2, -0.15) is 0 Å². The number of halogens is 1. The zero-order chi connectivity index (χ0) is 13.9. The van der Waals surface area contributed by atoms with E-state index in [2.05, 4.69) is 5.32 Å². The van der Waals surface area contributed by atoms with Crippen molar-refractivity contribution in [2.75, 3.05) is 0 Å². The summed E-state index contributed by atoms with van der Waals surface area (Å²) in [5, 5.41) is 3.12. The summed E-state index contributed by atoms with van der Waals surface area (Å²) in [6.07, 6.45) is 2.94. The lowest BCUT2D eigenvalue weighted by Gasteiger charge is -2.51. The summed E-state index contributed by atoms with van der Waals surface area (Å²) in [6.45, 7) is 2.02. The van der Waals surface area contributed by atoms with Gasteiger partial charge in [0.2, 0.25) is 0 Å². The van der Waals surface area contributed by atoms with Gasteiger partial charge in [-0.1, -0.05) is 6.07 Å². The van der Waals surface area contributed by atoms with Gasteiger partial charge >= 0.3 is 6.03 Å². The van der Waals surface area contributed by atoms with Gasteiger partial charge in [-0.15, -0.1) is 11.6 Å². The lowest BCUT2D eigenvalue weighted by Crippen LogP contribution is -2.65. The standard InChI is InChI=1S/C15H17ClN2O2/c1-15-7-12(17-14(19)18(15)10-3-4-10)11-6-9(8-16)2-5-13(11)20-15/h2,5-6,10,12H,3-4,7-8H2,1H3,(H,17,19). The third-order valence-electron chi connectivity index (χ3n) is 4.45. The molecule has 2 aliphatic heterocycles. The van der Waals surface area contributed by atoms with Crippen molar-refractivity contribution in [3.05, 3.63) is 29.3 Å². The number of carbonyl (C=O) groups excluding carboxylic acids is 1. The van der Waals surface area contributed by atoms with E-state index in [1.807, 2.05) is 30.0 Å². The maximum atomic E-state index is 12.4. The number of carbonyl (C=O) groups is 1.